The minimum atomic E-state index is -2.01. The highest BCUT2D eigenvalue weighted by Gasteiger charge is 2.32. The zero-order chi connectivity index (χ0) is 21.6. The predicted molar refractivity (Wildman–Crippen MR) is 99.9 cm³/mol. The first-order chi connectivity index (χ1) is 13.7. The summed E-state index contributed by atoms with van der Waals surface area (Å²) in [5.74, 6) is -2.35. The van der Waals surface area contributed by atoms with Crippen LogP contribution in [0.25, 0.3) is 4.85 Å². The van der Waals surface area contributed by atoms with Crippen molar-refractivity contribution >= 4 is 23.3 Å². The van der Waals surface area contributed by atoms with Crippen LogP contribution in [0.1, 0.15) is 22.8 Å². The number of benzene rings is 2. The molecule has 0 saturated heterocycles. The molecule has 0 aliphatic rings. The van der Waals surface area contributed by atoms with Crippen molar-refractivity contribution in [3.05, 3.63) is 64.8 Å². The molecular formula is C20H16FN3O5. The molecule has 8 nitrogen and oxygen atoms in total. The van der Waals surface area contributed by atoms with Crippen LogP contribution in [0.3, 0.4) is 0 Å². The lowest BCUT2D eigenvalue weighted by Crippen LogP contribution is -2.45. The van der Waals surface area contributed by atoms with Crippen molar-refractivity contribution in [2.45, 2.75) is 12.5 Å². The maximum absolute atomic E-state index is 13.6. The topological polar surface area (TPSA) is 113 Å². The van der Waals surface area contributed by atoms with Gasteiger partial charge in [-0.15, -0.1) is 0 Å². The van der Waals surface area contributed by atoms with Crippen LogP contribution < -0.4 is 10.1 Å². The molecule has 2 rings (SSSR count). The maximum atomic E-state index is 13.6. The average Bonchev–Trinajstić information content (AvgIpc) is 2.71. The van der Waals surface area contributed by atoms with E-state index in [2.05, 4.69) is 14.9 Å². The van der Waals surface area contributed by atoms with E-state index >= 15 is 0 Å². The molecule has 0 radical (unpaired) electrons. The van der Waals surface area contributed by atoms with Crippen LogP contribution in [0.2, 0.25) is 0 Å². The monoisotopic (exact) mass is 397 g/mol. The second-order valence-corrected chi connectivity index (χ2v) is 6.11. The highest BCUT2D eigenvalue weighted by Crippen LogP contribution is 2.25. The molecule has 0 spiro atoms. The van der Waals surface area contributed by atoms with E-state index in [0.717, 1.165) is 13.2 Å². The number of halogens is 1. The summed E-state index contributed by atoms with van der Waals surface area (Å²) in [6, 6.07) is 9.17. The van der Waals surface area contributed by atoms with Gasteiger partial charge in [0, 0.05) is 11.8 Å². The number of amides is 1. The Morgan fingerprint density at radius 2 is 2.07 bits per heavy atom. The van der Waals surface area contributed by atoms with Gasteiger partial charge in [-0.1, -0.05) is 6.07 Å². The van der Waals surface area contributed by atoms with Crippen molar-refractivity contribution in [3.63, 3.8) is 0 Å². The molecule has 0 aromatic heterocycles. The van der Waals surface area contributed by atoms with E-state index < -0.39 is 29.9 Å². The van der Waals surface area contributed by atoms with Gasteiger partial charge in [0.25, 0.3) is 5.91 Å². The van der Waals surface area contributed by atoms with E-state index in [1.807, 2.05) is 0 Å². The Kier molecular flexibility index (Phi) is 6.50. The molecule has 29 heavy (non-hydrogen) atoms. The van der Waals surface area contributed by atoms with Crippen molar-refractivity contribution in [3.8, 4) is 11.8 Å². The van der Waals surface area contributed by atoms with E-state index in [1.54, 1.807) is 6.07 Å². The van der Waals surface area contributed by atoms with Crippen LogP contribution in [0.15, 0.2) is 36.4 Å². The van der Waals surface area contributed by atoms with Gasteiger partial charge >= 0.3 is 5.97 Å². The number of esters is 1. The van der Waals surface area contributed by atoms with E-state index in [0.29, 0.717) is 0 Å². The molecule has 0 unspecified atom stereocenters. The number of nitriles is 1. The molecule has 0 aliphatic carbocycles. The van der Waals surface area contributed by atoms with Gasteiger partial charge in [0.1, 0.15) is 24.2 Å². The van der Waals surface area contributed by atoms with Crippen LogP contribution in [0.5, 0.6) is 5.75 Å². The summed E-state index contributed by atoms with van der Waals surface area (Å²) in [5.41, 5.74) is -2.00. The van der Waals surface area contributed by atoms with Crippen LogP contribution >= 0.6 is 0 Å². The fourth-order valence-electron chi connectivity index (χ4n) is 2.22. The zero-order valence-corrected chi connectivity index (χ0v) is 15.5. The molecule has 0 heterocycles. The van der Waals surface area contributed by atoms with Crippen LogP contribution in [0.4, 0.5) is 15.8 Å². The normalized spacial score (nSPS) is 12.1. The quantitative estimate of drug-likeness (QED) is 0.572. The molecule has 2 N–H and O–H groups in total. The SMILES string of the molecule is [C-]#[N+]c1ccc(NC(=O)[C@@](C)(O)COc2ccc(C#N)c(F)c2)cc1C(=O)OC. The van der Waals surface area contributed by atoms with Gasteiger partial charge in [-0.05, 0) is 31.2 Å². The third-order valence-electron chi connectivity index (χ3n) is 3.85. The largest absolute Gasteiger partial charge is 0.490 e. The number of aliphatic hydroxyl groups is 1. The number of ether oxygens (including phenoxy) is 2. The molecule has 0 fully saturated rings. The van der Waals surface area contributed by atoms with Gasteiger partial charge < -0.3 is 19.9 Å². The van der Waals surface area contributed by atoms with Crippen molar-refractivity contribution in [1.29, 1.82) is 5.26 Å². The van der Waals surface area contributed by atoms with Crippen molar-refractivity contribution in [1.82, 2.24) is 0 Å². The number of carbonyl (C=O) groups excluding carboxylic acids is 2. The first-order valence-corrected chi connectivity index (χ1v) is 8.18. The second kappa shape index (κ2) is 8.83. The van der Waals surface area contributed by atoms with Gasteiger partial charge in [0.2, 0.25) is 5.69 Å². The maximum Gasteiger partial charge on any atom is 0.327 e. The summed E-state index contributed by atoms with van der Waals surface area (Å²) in [7, 11) is 1.16. The molecule has 1 amide bonds. The smallest absolute Gasteiger partial charge is 0.327 e. The van der Waals surface area contributed by atoms with Gasteiger partial charge in [0.05, 0.1) is 24.8 Å². The fraction of sp³-hybridized carbons (Fsp3) is 0.200. The highest BCUT2D eigenvalue weighted by molar-refractivity contribution is 6.01. The number of hydrogen-bond acceptors (Lipinski definition) is 6. The summed E-state index contributed by atoms with van der Waals surface area (Å²) in [5, 5.41) is 21.5. The van der Waals surface area contributed by atoms with Crippen molar-refractivity contribution in [2.75, 3.05) is 19.0 Å². The van der Waals surface area contributed by atoms with Crippen LogP contribution in [-0.4, -0.2) is 36.3 Å². The summed E-state index contributed by atoms with van der Waals surface area (Å²) >= 11 is 0. The first kappa shape index (κ1) is 21.4. The molecule has 9 heteroatoms. The summed E-state index contributed by atoms with van der Waals surface area (Å²) < 4.78 is 23.5. The van der Waals surface area contributed by atoms with Gasteiger partial charge in [0.15, 0.2) is 5.60 Å². The third-order valence-corrected chi connectivity index (χ3v) is 3.85. The van der Waals surface area contributed by atoms with E-state index in [1.165, 1.54) is 37.3 Å². The number of anilines is 1. The highest BCUT2D eigenvalue weighted by atomic mass is 19.1. The Bertz CT molecular complexity index is 1040. The molecule has 2 aromatic carbocycles. The minimum absolute atomic E-state index is 0.0314. The molecule has 2 aromatic rings. The van der Waals surface area contributed by atoms with Crippen molar-refractivity contribution in [2.24, 2.45) is 0 Å². The Morgan fingerprint density at radius 1 is 1.34 bits per heavy atom. The Balaban J connectivity index is 2.11. The number of hydrogen-bond donors (Lipinski definition) is 2. The van der Waals surface area contributed by atoms with Gasteiger partial charge in [-0.2, -0.15) is 5.26 Å². The lowest BCUT2D eigenvalue weighted by molar-refractivity contribution is -0.135. The summed E-state index contributed by atoms with van der Waals surface area (Å²) in [6.07, 6.45) is 0. The Labute approximate surface area is 165 Å². The lowest BCUT2D eigenvalue weighted by atomic mass is 10.1. The van der Waals surface area contributed by atoms with E-state index in [9.17, 15) is 19.1 Å². The molecule has 148 valence electrons. The zero-order valence-electron chi connectivity index (χ0n) is 15.5. The average molecular weight is 397 g/mol. The summed E-state index contributed by atoms with van der Waals surface area (Å²) in [6.45, 7) is 7.76. The predicted octanol–water partition coefficient (Wildman–Crippen LogP) is 2.80. The molecular weight excluding hydrogens is 381 g/mol. The fourth-order valence-corrected chi connectivity index (χ4v) is 2.22. The number of rotatable bonds is 6. The van der Waals surface area contributed by atoms with Crippen LogP contribution in [0, 0.1) is 23.7 Å². The summed E-state index contributed by atoms with van der Waals surface area (Å²) in [4.78, 5) is 27.4. The molecule has 0 bridgehead atoms. The number of methoxy groups -OCH3 is 1. The standard InChI is InChI=1S/C20H16FN3O5/c1-20(27,11-29-14-6-4-12(10-22)16(21)9-14)19(26)24-13-5-7-17(23-2)15(8-13)18(25)28-3/h4-9,27H,11H2,1,3H3,(H,24,26)/t20-/m0/s1. The van der Waals surface area contributed by atoms with E-state index in [-0.39, 0.29) is 28.3 Å². The second-order valence-electron chi connectivity index (χ2n) is 6.11. The molecule has 1 atom stereocenters. The third kappa shape index (κ3) is 5.06. The lowest BCUT2D eigenvalue weighted by Gasteiger charge is -2.23. The molecule has 0 saturated carbocycles. The Hall–Kier alpha value is -3.95. The first-order valence-electron chi connectivity index (χ1n) is 8.18. The minimum Gasteiger partial charge on any atom is -0.490 e. The van der Waals surface area contributed by atoms with E-state index in [4.69, 9.17) is 16.6 Å². The Morgan fingerprint density at radius 3 is 2.66 bits per heavy atom. The number of nitrogens with zero attached hydrogens (tertiary/aromatic N) is 2. The van der Waals surface area contributed by atoms with Gasteiger partial charge in [-0.3, -0.25) is 4.79 Å². The van der Waals surface area contributed by atoms with Gasteiger partial charge in [-0.25, -0.2) is 14.0 Å². The van der Waals surface area contributed by atoms with Crippen molar-refractivity contribution < 1.29 is 28.6 Å². The number of nitrogens with one attached hydrogen (secondary N) is 1. The van der Waals surface area contributed by atoms with Crippen LogP contribution in [-0.2, 0) is 9.53 Å². The number of carbonyl (C=O) groups is 2. The molecule has 0 aliphatic heterocycles.